The molecule has 2 saturated carbocycles. The molecule has 0 bridgehead atoms. The first-order valence-corrected chi connectivity index (χ1v) is 5.54. The van der Waals surface area contributed by atoms with E-state index >= 15 is 0 Å². The van der Waals surface area contributed by atoms with E-state index in [2.05, 4.69) is 0 Å². The van der Waals surface area contributed by atoms with Gasteiger partial charge in [-0.25, -0.2) is 8.78 Å². The minimum atomic E-state index is -0.710. The van der Waals surface area contributed by atoms with Crippen molar-refractivity contribution in [3.05, 3.63) is 23.8 Å². The molecule has 1 aromatic rings. The summed E-state index contributed by atoms with van der Waals surface area (Å²) in [7, 11) is 0. The highest BCUT2D eigenvalue weighted by Gasteiger charge is 2.47. The van der Waals surface area contributed by atoms with E-state index in [0.717, 1.165) is 36.8 Å². The van der Waals surface area contributed by atoms with Crippen molar-refractivity contribution in [2.75, 3.05) is 5.73 Å². The zero-order chi connectivity index (χ0) is 11.3. The van der Waals surface area contributed by atoms with Crippen LogP contribution in [0, 0.1) is 23.5 Å². The molecule has 0 saturated heterocycles. The Hall–Kier alpha value is -1.32. The molecule has 2 aliphatic rings. The highest BCUT2D eigenvalue weighted by atomic mass is 19.1. The molecule has 2 fully saturated rings. The molecule has 0 heterocycles. The van der Waals surface area contributed by atoms with Gasteiger partial charge in [0, 0.05) is 17.8 Å². The Morgan fingerprint density at radius 2 is 1.62 bits per heavy atom. The fourth-order valence-electron chi connectivity index (χ4n) is 2.61. The Kier molecular flexibility index (Phi) is 2.06. The Bertz CT molecular complexity index is 402. The molecule has 0 aromatic heterocycles. The number of fused-ring (bicyclic) bond motifs is 1. The molecule has 0 amide bonds. The third kappa shape index (κ3) is 1.62. The van der Waals surface area contributed by atoms with Crippen molar-refractivity contribution in [2.24, 2.45) is 11.8 Å². The Labute approximate surface area is 92.4 Å². The van der Waals surface area contributed by atoms with Crippen LogP contribution in [0.3, 0.4) is 0 Å². The third-order valence-electron chi connectivity index (χ3n) is 3.51. The van der Waals surface area contributed by atoms with Crippen molar-refractivity contribution in [1.82, 2.24) is 0 Å². The minimum absolute atomic E-state index is 0.0311. The monoisotopic (exact) mass is 225 g/mol. The molecule has 2 nitrogen and oxygen atoms in total. The van der Waals surface area contributed by atoms with Gasteiger partial charge in [0.05, 0.1) is 6.10 Å². The molecular formula is C12H13F2NO. The number of ether oxygens (including phenoxy) is 1. The second kappa shape index (κ2) is 3.34. The average molecular weight is 225 g/mol. The van der Waals surface area contributed by atoms with E-state index in [4.69, 9.17) is 10.5 Å². The van der Waals surface area contributed by atoms with Crippen LogP contribution in [-0.2, 0) is 0 Å². The predicted octanol–water partition coefficient (Wildman–Crippen LogP) is 2.72. The molecule has 0 radical (unpaired) electrons. The Morgan fingerprint density at radius 3 is 2.19 bits per heavy atom. The molecule has 0 spiro atoms. The van der Waals surface area contributed by atoms with Gasteiger partial charge in [0.1, 0.15) is 0 Å². The SMILES string of the molecule is Nc1cc(F)c(OC2CC3C[C@H]3C2)c(F)c1. The van der Waals surface area contributed by atoms with Crippen LogP contribution < -0.4 is 10.5 Å². The zero-order valence-corrected chi connectivity index (χ0v) is 8.75. The Morgan fingerprint density at radius 1 is 1.06 bits per heavy atom. The smallest absolute Gasteiger partial charge is 0.191 e. The van der Waals surface area contributed by atoms with Gasteiger partial charge in [-0.1, -0.05) is 0 Å². The van der Waals surface area contributed by atoms with E-state index in [1.54, 1.807) is 0 Å². The molecule has 2 N–H and O–H groups in total. The topological polar surface area (TPSA) is 35.2 Å². The van der Waals surface area contributed by atoms with E-state index in [9.17, 15) is 8.78 Å². The number of halogens is 2. The van der Waals surface area contributed by atoms with Crippen LogP contribution in [0.5, 0.6) is 5.75 Å². The number of hydrogen-bond donors (Lipinski definition) is 1. The molecule has 3 rings (SSSR count). The molecule has 1 aromatic carbocycles. The highest BCUT2D eigenvalue weighted by molar-refractivity contribution is 5.44. The summed E-state index contributed by atoms with van der Waals surface area (Å²) in [6, 6.07) is 2.18. The standard InChI is InChI=1S/C12H13F2NO/c13-10-4-8(15)5-11(14)12(10)16-9-2-6-1-7(6)3-9/h4-7,9H,1-3,15H2/t6-,7?,9?/m0/s1. The number of nitrogens with two attached hydrogens (primary N) is 1. The second-order valence-corrected chi connectivity index (χ2v) is 4.78. The molecule has 3 atom stereocenters. The summed E-state index contributed by atoms with van der Waals surface area (Å²) in [6.07, 6.45) is 3.07. The maximum absolute atomic E-state index is 13.4. The van der Waals surface area contributed by atoms with Gasteiger partial charge in [-0.05, 0) is 31.1 Å². The first-order chi connectivity index (χ1) is 7.63. The molecule has 2 unspecified atom stereocenters. The van der Waals surface area contributed by atoms with Crippen molar-refractivity contribution < 1.29 is 13.5 Å². The Balaban J connectivity index is 1.78. The zero-order valence-electron chi connectivity index (χ0n) is 8.75. The van der Waals surface area contributed by atoms with Crippen molar-refractivity contribution in [1.29, 1.82) is 0 Å². The van der Waals surface area contributed by atoms with Gasteiger partial charge in [0.25, 0.3) is 0 Å². The lowest BCUT2D eigenvalue weighted by atomic mass is 10.2. The summed E-state index contributed by atoms with van der Waals surface area (Å²) in [4.78, 5) is 0. The fraction of sp³-hybridized carbons (Fsp3) is 0.500. The summed E-state index contributed by atoms with van der Waals surface area (Å²) in [6.45, 7) is 0. The first kappa shape index (κ1) is 9.87. The van der Waals surface area contributed by atoms with Gasteiger partial charge in [-0.3, -0.25) is 0 Å². The second-order valence-electron chi connectivity index (χ2n) is 4.78. The lowest BCUT2D eigenvalue weighted by Crippen LogP contribution is -2.15. The van der Waals surface area contributed by atoms with Crippen molar-refractivity contribution >= 4 is 5.69 Å². The normalized spacial score (nSPS) is 31.2. The summed E-state index contributed by atoms with van der Waals surface area (Å²) < 4.78 is 32.2. The van der Waals surface area contributed by atoms with Crippen LogP contribution in [0.25, 0.3) is 0 Å². The third-order valence-corrected chi connectivity index (χ3v) is 3.51. The van der Waals surface area contributed by atoms with Crippen LogP contribution in [0.2, 0.25) is 0 Å². The van der Waals surface area contributed by atoms with Gasteiger partial charge in [-0.15, -0.1) is 0 Å². The van der Waals surface area contributed by atoms with E-state index in [-0.39, 0.29) is 17.5 Å². The van der Waals surface area contributed by atoms with E-state index < -0.39 is 11.6 Å². The van der Waals surface area contributed by atoms with Gasteiger partial charge in [0.15, 0.2) is 17.4 Å². The number of nitrogen functional groups attached to an aromatic ring is 1. The van der Waals surface area contributed by atoms with Crippen LogP contribution in [0.1, 0.15) is 19.3 Å². The van der Waals surface area contributed by atoms with Crippen molar-refractivity contribution in [2.45, 2.75) is 25.4 Å². The number of anilines is 1. The van der Waals surface area contributed by atoms with Crippen LogP contribution in [0.15, 0.2) is 12.1 Å². The van der Waals surface area contributed by atoms with E-state index in [1.165, 1.54) is 6.42 Å². The average Bonchev–Trinajstić information content (AvgIpc) is 2.80. The van der Waals surface area contributed by atoms with Gasteiger partial charge >= 0.3 is 0 Å². The molecule has 2 aliphatic carbocycles. The fourth-order valence-corrected chi connectivity index (χ4v) is 2.61. The predicted molar refractivity (Wildman–Crippen MR) is 56.0 cm³/mol. The molecule has 4 heteroatoms. The molecule has 86 valence electrons. The number of rotatable bonds is 2. The minimum Gasteiger partial charge on any atom is -0.484 e. The first-order valence-electron chi connectivity index (χ1n) is 5.54. The number of hydrogen-bond acceptors (Lipinski definition) is 2. The summed E-state index contributed by atoms with van der Waals surface area (Å²) in [5, 5.41) is 0. The summed E-state index contributed by atoms with van der Waals surface area (Å²) >= 11 is 0. The molecule has 0 aliphatic heterocycles. The lowest BCUT2D eigenvalue weighted by molar-refractivity contribution is 0.177. The maximum Gasteiger partial charge on any atom is 0.191 e. The quantitative estimate of drug-likeness (QED) is 0.785. The van der Waals surface area contributed by atoms with Crippen molar-refractivity contribution in [3.8, 4) is 5.75 Å². The largest absolute Gasteiger partial charge is 0.484 e. The number of benzene rings is 1. The van der Waals surface area contributed by atoms with Gasteiger partial charge < -0.3 is 10.5 Å². The van der Waals surface area contributed by atoms with Crippen molar-refractivity contribution in [3.63, 3.8) is 0 Å². The van der Waals surface area contributed by atoms with Crippen LogP contribution >= 0.6 is 0 Å². The summed E-state index contributed by atoms with van der Waals surface area (Å²) in [5.74, 6) is -0.244. The molecule has 16 heavy (non-hydrogen) atoms. The lowest BCUT2D eigenvalue weighted by Gasteiger charge is -2.16. The van der Waals surface area contributed by atoms with Gasteiger partial charge in [0.2, 0.25) is 0 Å². The van der Waals surface area contributed by atoms with Crippen LogP contribution in [0.4, 0.5) is 14.5 Å². The highest BCUT2D eigenvalue weighted by Crippen LogP contribution is 2.52. The molecular weight excluding hydrogens is 212 g/mol. The van der Waals surface area contributed by atoms with Gasteiger partial charge in [-0.2, -0.15) is 0 Å². The van der Waals surface area contributed by atoms with E-state index in [1.807, 2.05) is 0 Å². The maximum atomic E-state index is 13.4. The summed E-state index contributed by atoms with van der Waals surface area (Å²) in [5.41, 5.74) is 5.41. The van der Waals surface area contributed by atoms with Crippen LogP contribution in [-0.4, -0.2) is 6.10 Å². The van der Waals surface area contributed by atoms with E-state index in [0.29, 0.717) is 0 Å².